The van der Waals surface area contributed by atoms with Crippen LogP contribution in [0.2, 0.25) is 0 Å². The average molecular weight is 265 g/mol. The summed E-state index contributed by atoms with van der Waals surface area (Å²) < 4.78 is 5.23. The maximum absolute atomic E-state index is 11.3. The Balaban J connectivity index is 1.99. The number of carbonyl (C=O) groups is 1. The molecule has 2 heterocycles. The van der Waals surface area contributed by atoms with E-state index in [0.29, 0.717) is 24.9 Å². The lowest BCUT2D eigenvalue weighted by Crippen LogP contribution is -2.40. The number of Topliss-reactive ketones (excluding diaryl/α,β-unsaturated/α-hetero) is 1. The largest absolute Gasteiger partial charge is 0.339 e. The second kappa shape index (κ2) is 6.28. The fraction of sp³-hybridized carbons (Fsp3) is 0.786. The number of likely N-dealkylation sites (tertiary alicyclic amines) is 1. The summed E-state index contributed by atoms with van der Waals surface area (Å²) in [5, 5.41) is 4.03. The Morgan fingerprint density at radius 2 is 2.26 bits per heavy atom. The summed E-state index contributed by atoms with van der Waals surface area (Å²) in [6, 6.07) is 0.340. The minimum Gasteiger partial charge on any atom is -0.339 e. The Kier molecular flexibility index (Phi) is 4.69. The van der Waals surface area contributed by atoms with Crippen LogP contribution in [-0.4, -0.2) is 33.4 Å². The smallest absolute Gasteiger partial charge is 0.229 e. The number of aromatic nitrogens is 2. The first-order chi connectivity index (χ1) is 9.06. The second-order valence-electron chi connectivity index (χ2n) is 5.73. The number of rotatable bonds is 5. The van der Waals surface area contributed by atoms with Gasteiger partial charge in [0, 0.05) is 18.4 Å². The van der Waals surface area contributed by atoms with E-state index in [1.54, 1.807) is 6.92 Å². The molecule has 1 aliphatic heterocycles. The van der Waals surface area contributed by atoms with Gasteiger partial charge in [0.2, 0.25) is 5.89 Å². The Morgan fingerprint density at radius 3 is 2.89 bits per heavy atom. The number of nitrogens with zero attached hydrogens (tertiary/aromatic N) is 3. The highest BCUT2D eigenvalue weighted by Crippen LogP contribution is 2.22. The van der Waals surface area contributed by atoms with E-state index in [9.17, 15) is 4.79 Å². The van der Waals surface area contributed by atoms with E-state index in [1.165, 1.54) is 12.8 Å². The third-order valence-corrected chi connectivity index (χ3v) is 3.59. The molecule has 1 aliphatic rings. The van der Waals surface area contributed by atoms with Crippen LogP contribution in [0.25, 0.3) is 0 Å². The molecule has 0 bridgehead atoms. The molecule has 0 aromatic carbocycles. The molecule has 1 aromatic rings. The van der Waals surface area contributed by atoms with E-state index < -0.39 is 0 Å². The van der Waals surface area contributed by atoms with Crippen LogP contribution in [0.5, 0.6) is 0 Å². The summed E-state index contributed by atoms with van der Waals surface area (Å²) in [5.41, 5.74) is 0. The minimum atomic E-state index is 0.257. The molecular weight excluding hydrogens is 242 g/mol. The van der Waals surface area contributed by atoms with Crippen molar-refractivity contribution in [1.82, 2.24) is 15.0 Å². The lowest BCUT2D eigenvalue weighted by atomic mass is 9.98. The van der Waals surface area contributed by atoms with Crippen LogP contribution in [-0.2, 0) is 11.3 Å². The Morgan fingerprint density at radius 1 is 1.47 bits per heavy atom. The molecule has 1 fully saturated rings. The molecule has 0 N–H and O–H groups in total. The van der Waals surface area contributed by atoms with Crippen molar-refractivity contribution in [2.75, 3.05) is 6.54 Å². The molecule has 0 aliphatic carbocycles. The highest BCUT2D eigenvalue weighted by atomic mass is 16.5. The molecule has 0 amide bonds. The summed E-state index contributed by atoms with van der Waals surface area (Å²) in [7, 11) is 0. The van der Waals surface area contributed by atoms with Gasteiger partial charge in [-0.25, -0.2) is 0 Å². The highest BCUT2D eigenvalue weighted by Gasteiger charge is 2.25. The number of carbonyl (C=O) groups excluding carboxylic acids is 1. The number of piperidine rings is 1. The number of hydrogen-bond acceptors (Lipinski definition) is 5. The normalized spacial score (nSPS) is 20.9. The first-order valence-corrected chi connectivity index (χ1v) is 7.12. The quantitative estimate of drug-likeness (QED) is 0.818. The van der Waals surface area contributed by atoms with Crippen molar-refractivity contribution < 1.29 is 9.32 Å². The van der Waals surface area contributed by atoms with Crippen molar-refractivity contribution >= 4 is 5.78 Å². The van der Waals surface area contributed by atoms with Gasteiger partial charge in [-0.3, -0.25) is 9.69 Å². The van der Waals surface area contributed by atoms with Crippen molar-refractivity contribution in [3.63, 3.8) is 0 Å². The molecule has 0 saturated carbocycles. The van der Waals surface area contributed by atoms with Gasteiger partial charge in [0.25, 0.3) is 0 Å². The molecule has 5 nitrogen and oxygen atoms in total. The van der Waals surface area contributed by atoms with Crippen molar-refractivity contribution in [2.24, 2.45) is 0 Å². The van der Waals surface area contributed by atoms with Crippen LogP contribution >= 0.6 is 0 Å². The van der Waals surface area contributed by atoms with E-state index in [-0.39, 0.29) is 11.7 Å². The van der Waals surface area contributed by atoms with Crippen LogP contribution < -0.4 is 0 Å². The molecule has 0 radical (unpaired) electrons. The van der Waals surface area contributed by atoms with Crippen LogP contribution in [0.4, 0.5) is 0 Å². The van der Waals surface area contributed by atoms with E-state index in [1.807, 2.05) is 13.8 Å². The molecule has 5 heteroatoms. The van der Waals surface area contributed by atoms with Gasteiger partial charge in [0.05, 0.1) is 6.54 Å². The van der Waals surface area contributed by atoms with Gasteiger partial charge in [-0.2, -0.15) is 4.98 Å². The van der Waals surface area contributed by atoms with Gasteiger partial charge in [0.1, 0.15) is 5.78 Å². The fourth-order valence-corrected chi connectivity index (χ4v) is 2.58. The maximum Gasteiger partial charge on any atom is 0.229 e. The van der Waals surface area contributed by atoms with Gasteiger partial charge in [0.15, 0.2) is 5.82 Å². The van der Waals surface area contributed by atoms with E-state index in [4.69, 9.17) is 4.52 Å². The molecule has 1 atom stereocenters. The Hall–Kier alpha value is -1.23. The van der Waals surface area contributed by atoms with E-state index in [0.717, 1.165) is 18.8 Å². The van der Waals surface area contributed by atoms with Crippen LogP contribution in [0.3, 0.4) is 0 Å². The molecular formula is C14H23N3O2. The van der Waals surface area contributed by atoms with Gasteiger partial charge >= 0.3 is 0 Å². The molecule has 1 saturated heterocycles. The number of hydrogen-bond donors (Lipinski definition) is 0. The lowest BCUT2D eigenvalue weighted by molar-refractivity contribution is -0.118. The van der Waals surface area contributed by atoms with Gasteiger partial charge in [-0.15, -0.1) is 0 Å². The summed E-state index contributed by atoms with van der Waals surface area (Å²) in [6.45, 7) is 7.45. The zero-order valence-electron chi connectivity index (χ0n) is 12.1. The predicted octanol–water partition coefficient (Wildman–Crippen LogP) is 2.53. The van der Waals surface area contributed by atoms with Crippen LogP contribution in [0.15, 0.2) is 4.52 Å². The zero-order valence-corrected chi connectivity index (χ0v) is 12.1. The molecule has 1 unspecified atom stereocenters. The number of ketones is 1. The summed E-state index contributed by atoms with van der Waals surface area (Å²) in [6.07, 6.45) is 4.12. The molecule has 2 rings (SSSR count). The first-order valence-electron chi connectivity index (χ1n) is 7.12. The third kappa shape index (κ3) is 3.86. The average Bonchev–Trinajstić information content (AvgIpc) is 2.80. The molecule has 1 aromatic heterocycles. The van der Waals surface area contributed by atoms with Crippen LogP contribution in [0.1, 0.15) is 64.1 Å². The topological polar surface area (TPSA) is 59.2 Å². The first kappa shape index (κ1) is 14.2. The standard InChI is InChI=1S/C14H23N3O2/c1-10(2)14-15-13(16-19-14)9-17-7-5-4-6-12(17)8-11(3)18/h10,12H,4-9H2,1-3H3. The van der Waals surface area contributed by atoms with Crippen molar-refractivity contribution in [3.8, 4) is 0 Å². The SMILES string of the molecule is CC(=O)CC1CCCCN1Cc1noc(C(C)C)n1. The van der Waals surface area contributed by atoms with Gasteiger partial charge in [-0.05, 0) is 26.3 Å². The minimum absolute atomic E-state index is 0.257. The second-order valence-corrected chi connectivity index (χ2v) is 5.73. The zero-order chi connectivity index (χ0) is 13.8. The van der Waals surface area contributed by atoms with Crippen molar-refractivity contribution in [2.45, 2.75) is 65.0 Å². The monoisotopic (exact) mass is 265 g/mol. The highest BCUT2D eigenvalue weighted by molar-refractivity contribution is 5.76. The van der Waals surface area contributed by atoms with E-state index >= 15 is 0 Å². The van der Waals surface area contributed by atoms with Crippen LogP contribution in [0, 0.1) is 0 Å². The predicted molar refractivity (Wildman–Crippen MR) is 71.7 cm³/mol. The summed E-state index contributed by atoms with van der Waals surface area (Å²) in [4.78, 5) is 18.1. The Bertz CT molecular complexity index is 428. The lowest BCUT2D eigenvalue weighted by Gasteiger charge is -2.34. The molecule has 106 valence electrons. The summed E-state index contributed by atoms with van der Waals surface area (Å²) >= 11 is 0. The van der Waals surface area contributed by atoms with Gasteiger partial charge in [-0.1, -0.05) is 25.4 Å². The molecule has 0 spiro atoms. The van der Waals surface area contributed by atoms with Crippen molar-refractivity contribution in [1.29, 1.82) is 0 Å². The van der Waals surface area contributed by atoms with Crippen molar-refractivity contribution in [3.05, 3.63) is 11.7 Å². The fourth-order valence-electron chi connectivity index (χ4n) is 2.58. The molecule has 19 heavy (non-hydrogen) atoms. The third-order valence-electron chi connectivity index (χ3n) is 3.59. The van der Waals surface area contributed by atoms with E-state index in [2.05, 4.69) is 15.0 Å². The Labute approximate surface area is 114 Å². The summed E-state index contributed by atoms with van der Waals surface area (Å²) in [5.74, 6) is 1.94. The van der Waals surface area contributed by atoms with Gasteiger partial charge < -0.3 is 4.52 Å². The maximum atomic E-state index is 11.3.